The molecule has 0 aliphatic rings. The quantitative estimate of drug-likeness (QED) is 0.519. The molecule has 1 heterocycles. The summed E-state index contributed by atoms with van der Waals surface area (Å²) in [5, 5.41) is 9.56. The Hall–Kier alpha value is -2.56. The van der Waals surface area contributed by atoms with Crippen LogP contribution in [0.5, 0.6) is 0 Å². The molecule has 0 spiro atoms. The van der Waals surface area contributed by atoms with Gasteiger partial charge >= 0.3 is 12.1 Å². The maximum absolute atomic E-state index is 12.7. The third-order valence-corrected chi connectivity index (χ3v) is 4.64. The normalized spacial score (nSPS) is 12.5. The van der Waals surface area contributed by atoms with Crippen molar-refractivity contribution < 1.29 is 31.9 Å². The molecule has 1 aromatic heterocycles. The SMILES string of the molecule is CCOC(=O)[C@H](CC)Sc1nnc(CNC(=O)c2cccc(C(F)(F)F)c2)o1. The van der Waals surface area contributed by atoms with Gasteiger partial charge in [-0.3, -0.25) is 9.59 Å². The molecular formula is C17H18F3N3O4S. The van der Waals surface area contributed by atoms with Crippen LogP contribution in [0.15, 0.2) is 33.9 Å². The van der Waals surface area contributed by atoms with E-state index in [-0.39, 0.29) is 29.8 Å². The molecule has 11 heteroatoms. The minimum absolute atomic E-state index is 0.0570. The van der Waals surface area contributed by atoms with Gasteiger partial charge in [0.15, 0.2) is 0 Å². The lowest BCUT2D eigenvalue weighted by Crippen LogP contribution is -2.23. The zero-order valence-electron chi connectivity index (χ0n) is 15.1. The first-order valence-electron chi connectivity index (χ1n) is 8.35. The number of ether oxygens (including phenoxy) is 1. The molecule has 1 N–H and O–H groups in total. The maximum atomic E-state index is 12.7. The van der Waals surface area contributed by atoms with E-state index in [0.29, 0.717) is 6.42 Å². The van der Waals surface area contributed by atoms with E-state index >= 15 is 0 Å². The number of alkyl halides is 3. The largest absolute Gasteiger partial charge is 0.465 e. The summed E-state index contributed by atoms with van der Waals surface area (Å²) in [7, 11) is 0. The van der Waals surface area contributed by atoms with E-state index in [2.05, 4.69) is 15.5 Å². The summed E-state index contributed by atoms with van der Waals surface area (Å²) in [6, 6.07) is 4.06. The number of amides is 1. The summed E-state index contributed by atoms with van der Waals surface area (Å²) in [6.07, 6.45) is -4.04. The first kappa shape index (κ1) is 21.7. The number of hydrogen-bond donors (Lipinski definition) is 1. The highest BCUT2D eigenvalue weighted by atomic mass is 32.2. The fourth-order valence-corrected chi connectivity index (χ4v) is 2.91. The van der Waals surface area contributed by atoms with Gasteiger partial charge < -0.3 is 14.5 Å². The van der Waals surface area contributed by atoms with Crippen LogP contribution in [0.3, 0.4) is 0 Å². The monoisotopic (exact) mass is 417 g/mol. The Morgan fingerprint density at radius 1 is 1.29 bits per heavy atom. The Morgan fingerprint density at radius 2 is 2.04 bits per heavy atom. The fraction of sp³-hybridized carbons (Fsp3) is 0.412. The summed E-state index contributed by atoms with van der Waals surface area (Å²) in [4.78, 5) is 23.8. The second-order valence-electron chi connectivity index (χ2n) is 5.49. The standard InChI is InChI=1S/C17H18F3N3O4S/c1-3-12(15(25)26-4-2)28-16-23-22-13(27-16)9-21-14(24)10-6-5-7-11(8-10)17(18,19)20/h5-8,12H,3-4,9H2,1-2H3,(H,21,24)/t12-/m0/s1. The van der Waals surface area contributed by atoms with Crippen molar-refractivity contribution in [3.05, 3.63) is 41.3 Å². The van der Waals surface area contributed by atoms with Gasteiger partial charge in [0.05, 0.1) is 18.7 Å². The number of rotatable bonds is 8. The number of carbonyl (C=O) groups is 2. The third kappa shape index (κ3) is 5.98. The van der Waals surface area contributed by atoms with Gasteiger partial charge in [-0.2, -0.15) is 13.2 Å². The predicted octanol–water partition coefficient (Wildman–Crippen LogP) is 3.45. The lowest BCUT2D eigenvalue weighted by atomic mass is 10.1. The molecular weight excluding hydrogens is 399 g/mol. The van der Waals surface area contributed by atoms with Crippen LogP contribution in [0.2, 0.25) is 0 Å². The van der Waals surface area contributed by atoms with E-state index < -0.39 is 28.9 Å². The molecule has 0 aliphatic carbocycles. The Labute approximate surface area is 163 Å². The number of hydrogen-bond acceptors (Lipinski definition) is 7. The molecule has 152 valence electrons. The van der Waals surface area contributed by atoms with Crippen molar-refractivity contribution in [3.63, 3.8) is 0 Å². The molecule has 1 aromatic carbocycles. The third-order valence-electron chi connectivity index (χ3n) is 3.46. The number of esters is 1. The molecule has 0 radical (unpaired) electrons. The van der Waals surface area contributed by atoms with Crippen molar-refractivity contribution in [1.82, 2.24) is 15.5 Å². The highest BCUT2D eigenvalue weighted by Gasteiger charge is 2.31. The number of halogens is 3. The molecule has 0 fully saturated rings. The summed E-state index contributed by atoms with van der Waals surface area (Å²) >= 11 is 1.04. The second-order valence-corrected chi connectivity index (χ2v) is 6.64. The van der Waals surface area contributed by atoms with Crippen molar-refractivity contribution in [3.8, 4) is 0 Å². The van der Waals surface area contributed by atoms with Crippen LogP contribution in [-0.4, -0.2) is 33.9 Å². The van der Waals surface area contributed by atoms with Crippen LogP contribution in [-0.2, 0) is 22.3 Å². The molecule has 1 atom stereocenters. The topological polar surface area (TPSA) is 94.3 Å². The summed E-state index contributed by atoms with van der Waals surface area (Å²) in [5.74, 6) is -1.05. The Bertz CT molecular complexity index is 826. The maximum Gasteiger partial charge on any atom is 0.416 e. The number of aromatic nitrogens is 2. The van der Waals surface area contributed by atoms with Crippen molar-refractivity contribution >= 4 is 23.6 Å². The van der Waals surface area contributed by atoms with Gasteiger partial charge in [0.2, 0.25) is 5.89 Å². The van der Waals surface area contributed by atoms with Crippen LogP contribution in [0, 0.1) is 0 Å². The Balaban J connectivity index is 1.95. The van der Waals surface area contributed by atoms with Gasteiger partial charge in [0.1, 0.15) is 5.25 Å². The van der Waals surface area contributed by atoms with Gasteiger partial charge in [-0.25, -0.2) is 0 Å². The van der Waals surface area contributed by atoms with Crippen molar-refractivity contribution in [2.45, 2.75) is 43.5 Å². The van der Waals surface area contributed by atoms with E-state index in [9.17, 15) is 22.8 Å². The van der Waals surface area contributed by atoms with Crippen LogP contribution in [0.25, 0.3) is 0 Å². The Morgan fingerprint density at radius 3 is 2.68 bits per heavy atom. The number of benzene rings is 1. The molecule has 0 aliphatic heterocycles. The zero-order valence-corrected chi connectivity index (χ0v) is 15.9. The first-order valence-corrected chi connectivity index (χ1v) is 9.23. The van der Waals surface area contributed by atoms with Crippen LogP contribution in [0.1, 0.15) is 42.1 Å². The minimum atomic E-state index is -4.54. The van der Waals surface area contributed by atoms with E-state index in [1.807, 2.05) is 0 Å². The van der Waals surface area contributed by atoms with Crippen LogP contribution < -0.4 is 5.32 Å². The molecule has 28 heavy (non-hydrogen) atoms. The zero-order chi connectivity index (χ0) is 20.7. The average molecular weight is 417 g/mol. The summed E-state index contributed by atoms with van der Waals surface area (Å²) in [5.41, 5.74) is -1.06. The number of nitrogens with one attached hydrogen (secondary N) is 1. The highest BCUT2D eigenvalue weighted by molar-refractivity contribution is 8.00. The number of nitrogens with zero attached hydrogens (tertiary/aromatic N) is 2. The molecule has 0 bridgehead atoms. The minimum Gasteiger partial charge on any atom is -0.465 e. The molecule has 0 unspecified atom stereocenters. The van der Waals surface area contributed by atoms with Gasteiger partial charge in [0, 0.05) is 5.56 Å². The fourth-order valence-electron chi connectivity index (χ4n) is 2.11. The predicted molar refractivity (Wildman–Crippen MR) is 93.5 cm³/mol. The smallest absolute Gasteiger partial charge is 0.416 e. The van der Waals surface area contributed by atoms with E-state index in [1.165, 1.54) is 6.07 Å². The van der Waals surface area contributed by atoms with Gasteiger partial charge in [-0.15, -0.1) is 10.2 Å². The number of carbonyl (C=O) groups excluding carboxylic acids is 2. The highest BCUT2D eigenvalue weighted by Crippen LogP contribution is 2.29. The molecule has 2 aromatic rings. The van der Waals surface area contributed by atoms with Crippen LogP contribution in [0.4, 0.5) is 13.2 Å². The van der Waals surface area contributed by atoms with E-state index in [1.54, 1.807) is 13.8 Å². The van der Waals surface area contributed by atoms with Crippen molar-refractivity contribution in [1.29, 1.82) is 0 Å². The molecule has 0 saturated heterocycles. The van der Waals surface area contributed by atoms with Crippen molar-refractivity contribution in [2.75, 3.05) is 6.61 Å². The molecule has 1 amide bonds. The van der Waals surface area contributed by atoms with Gasteiger partial charge in [-0.1, -0.05) is 24.8 Å². The second kappa shape index (κ2) is 9.58. The summed E-state index contributed by atoms with van der Waals surface area (Å²) < 4.78 is 48.5. The van der Waals surface area contributed by atoms with E-state index in [0.717, 1.165) is 30.0 Å². The number of thioether (sulfide) groups is 1. The summed E-state index contributed by atoms with van der Waals surface area (Å²) in [6.45, 7) is 3.60. The van der Waals surface area contributed by atoms with Crippen molar-refractivity contribution in [2.24, 2.45) is 0 Å². The molecule has 0 saturated carbocycles. The Kier molecular flexibility index (Phi) is 7.44. The average Bonchev–Trinajstić information content (AvgIpc) is 3.11. The van der Waals surface area contributed by atoms with Gasteiger partial charge in [0.25, 0.3) is 11.1 Å². The van der Waals surface area contributed by atoms with Gasteiger partial charge in [-0.05, 0) is 31.5 Å². The van der Waals surface area contributed by atoms with E-state index in [4.69, 9.17) is 9.15 Å². The molecule has 7 nitrogen and oxygen atoms in total. The lowest BCUT2D eigenvalue weighted by molar-refractivity contribution is -0.142. The molecule has 2 rings (SSSR count). The van der Waals surface area contributed by atoms with Crippen LogP contribution >= 0.6 is 11.8 Å². The lowest BCUT2D eigenvalue weighted by Gasteiger charge is -2.10. The first-order chi connectivity index (χ1) is 13.2.